The van der Waals surface area contributed by atoms with Gasteiger partial charge >= 0.3 is 5.97 Å². The van der Waals surface area contributed by atoms with Crippen molar-refractivity contribution in [2.45, 2.75) is 83.7 Å². The van der Waals surface area contributed by atoms with Crippen molar-refractivity contribution in [1.29, 1.82) is 0 Å². The lowest BCUT2D eigenvalue weighted by Crippen LogP contribution is -2.35. The van der Waals surface area contributed by atoms with Crippen LogP contribution < -0.4 is 5.56 Å². The number of esters is 1. The van der Waals surface area contributed by atoms with Gasteiger partial charge in [-0.25, -0.2) is 4.98 Å². The van der Waals surface area contributed by atoms with E-state index in [4.69, 9.17) is 4.74 Å². The average Bonchev–Trinajstić information content (AvgIpc) is 2.99. The maximum atomic E-state index is 13.5. The normalized spacial score (nSPS) is 25.1. The number of fused-ring (bicyclic) bond motifs is 3. The minimum Gasteiger partial charge on any atom is -0.466 e. The zero-order chi connectivity index (χ0) is 23.7. The number of ether oxygens (including phenoxy) is 1. The fraction of sp³-hybridized carbons (Fsp3) is 0.607. The Bertz CT molecular complexity index is 1120. The Labute approximate surface area is 202 Å². The van der Waals surface area contributed by atoms with Gasteiger partial charge in [0, 0.05) is 18.6 Å². The minimum atomic E-state index is -0.405. The second kappa shape index (κ2) is 9.93. The van der Waals surface area contributed by atoms with E-state index in [1.807, 2.05) is 28.8 Å². The first-order chi connectivity index (χ1) is 16.5. The zero-order valence-corrected chi connectivity index (χ0v) is 20.5. The van der Waals surface area contributed by atoms with Gasteiger partial charge in [0.2, 0.25) is 0 Å². The van der Waals surface area contributed by atoms with E-state index in [0.717, 1.165) is 42.3 Å². The molecule has 0 amide bonds. The van der Waals surface area contributed by atoms with E-state index < -0.39 is 5.97 Å². The lowest BCUT2D eigenvalue weighted by atomic mass is 9.69. The van der Waals surface area contributed by atoms with E-state index in [1.165, 1.54) is 38.5 Å². The SMILES string of the molecule is CCOC(=O)Cc1nc2ccccc2n([C@@H](C)C[C@@H]2CCCN2C=C2C3CCCCC2C3)c1=O. The Morgan fingerprint density at radius 2 is 1.94 bits per heavy atom. The smallest absolute Gasteiger partial charge is 0.312 e. The highest BCUT2D eigenvalue weighted by molar-refractivity contribution is 5.77. The van der Waals surface area contributed by atoms with Crippen molar-refractivity contribution in [1.82, 2.24) is 14.5 Å². The molecule has 1 aliphatic heterocycles. The predicted octanol–water partition coefficient (Wildman–Crippen LogP) is 5.01. The van der Waals surface area contributed by atoms with Crippen molar-refractivity contribution < 1.29 is 9.53 Å². The standard InChI is InChI=1S/C28H37N3O3/c1-3-34-27(32)17-25-28(33)31(26-13-7-6-12-24(26)29-25)19(2)15-22-11-8-14-30(22)18-23-20-9-4-5-10-21(23)16-20/h6-7,12-13,18-22H,3-5,8-11,14-17H2,1-2H3/t19-,20?,21?,22-/m0/s1. The van der Waals surface area contributed by atoms with E-state index in [2.05, 4.69) is 23.0 Å². The maximum absolute atomic E-state index is 13.5. The lowest BCUT2D eigenvalue weighted by molar-refractivity contribution is -0.142. The molecule has 6 nitrogen and oxygen atoms in total. The van der Waals surface area contributed by atoms with Gasteiger partial charge in [-0.3, -0.25) is 9.59 Å². The molecular formula is C28H37N3O3. The molecule has 3 aliphatic rings. The van der Waals surface area contributed by atoms with Gasteiger partial charge in [-0.15, -0.1) is 0 Å². The molecule has 0 spiro atoms. The van der Waals surface area contributed by atoms with Gasteiger partial charge in [0.1, 0.15) is 5.69 Å². The molecule has 0 N–H and O–H groups in total. The molecule has 34 heavy (non-hydrogen) atoms. The number of hydrogen-bond donors (Lipinski definition) is 0. The molecule has 2 saturated carbocycles. The molecule has 0 radical (unpaired) electrons. The van der Waals surface area contributed by atoms with Crippen LogP contribution in [-0.4, -0.2) is 39.6 Å². The summed E-state index contributed by atoms with van der Waals surface area (Å²) in [5.41, 5.74) is 3.37. The van der Waals surface area contributed by atoms with Crippen molar-refractivity contribution in [3.8, 4) is 0 Å². The number of carbonyl (C=O) groups excluding carboxylic acids is 1. The number of nitrogens with zero attached hydrogens (tertiary/aromatic N) is 3. The Hall–Kier alpha value is -2.63. The Kier molecular flexibility index (Phi) is 6.75. The quantitative estimate of drug-likeness (QED) is 0.540. The predicted molar refractivity (Wildman–Crippen MR) is 134 cm³/mol. The summed E-state index contributed by atoms with van der Waals surface area (Å²) in [5, 5.41) is 0. The molecule has 5 rings (SSSR count). The highest BCUT2D eigenvalue weighted by atomic mass is 16.5. The van der Waals surface area contributed by atoms with E-state index >= 15 is 0 Å². The van der Waals surface area contributed by atoms with Crippen LogP contribution in [0.1, 0.15) is 76.9 Å². The summed E-state index contributed by atoms with van der Waals surface area (Å²) in [6.07, 6.45) is 12.6. The van der Waals surface area contributed by atoms with Crippen LogP contribution in [0.3, 0.4) is 0 Å². The van der Waals surface area contributed by atoms with Crippen LogP contribution in [0.5, 0.6) is 0 Å². The molecule has 6 heteroatoms. The van der Waals surface area contributed by atoms with Crippen LogP contribution in [0.15, 0.2) is 40.8 Å². The molecule has 4 atom stereocenters. The van der Waals surface area contributed by atoms with E-state index in [0.29, 0.717) is 12.6 Å². The molecule has 2 aliphatic carbocycles. The van der Waals surface area contributed by atoms with Gasteiger partial charge in [0.05, 0.1) is 24.1 Å². The van der Waals surface area contributed by atoms with Crippen LogP contribution >= 0.6 is 0 Å². The fourth-order valence-electron chi connectivity index (χ4n) is 6.43. The number of rotatable bonds is 7. The van der Waals surface area contributed by atoms with Crippen LogP contribution in [0, 0.1) is 11.8 Å². The molecule has 2 heterocycles. The largest absolute Gasteiger partial charge is 0.466 e. The molecule has 2 unspecified atom stereocenters. The first-order valence-corrected chi connectivity index (χ1v) is 13.2. The molecule has 1 saturated heterocycles. The third-order valence-corrected chi connectivity index (χ3v) is 8.14. The second-order valence-corrected chi connectivity index (χ2v) is 10.4. The summed E-state index contributed by atoms with van der Waals surface area (Å²) in [4.78, 5) is 32.7. The van der Waals surface area contributed by atoms with Crippen LogP contribution in [0.25, 0.3) is 11.0 Å². The number of benzene rings is 1. The monoisotopic (exact) mass is 463 g/mol. The van der Waals surface area contributed by atoms with Gasteiger partial charge in [-0.2, -0.15) is 0 Å². The van der Waals surface area contributed by atoms with E-state index in [1.54, 1.807) is 12.5 Å². The van der Waals surface area contributed by atoms with Crippen LogP contribution in [0.2, 0.25) is 0 Å². The molecular weight excluding hydrogens is 426 g/mol. The van der Waals surface area contributed by atoms with Gasteiger partial charge in [-0.1, -0.05) is 25.0 Å². The van der Waals surface area contributed by atoms with Crippen molar-refractivity contribution in [2.24, 2.45) is 11.8 Å². The molecule has 1 aromatic carbocycles. The van der Waals surface area contributed by atoms with Crippen LogP contribution in [-0.2, 0) is 16.0 Å². The highest BCUT2D eigenvalue weighted by Crippen LogP contribution is 2.49. The maximum Gasteiger partial charge on any atom is 0.312 e. The second-order valence-electron chi connectivity index (χ2n) is 10.4. The summed E-state index contributed by atoms with van der Waals surface area (Å²) in [6.45, 7) is 5.31. The number of para-hydroxylation sites is 2. The van der Waals surface area contributed by atoms with Crippen molar-refractivity contribution in [2.75, 3.05) is 13.2 Å². The summed E-state index contributed by atoms with van der Waals surface area (Å²) >= 11 is 0. The topological polar surface area (TPSA) is 64.4 Å². The molecule has 2 aromatic rings. The number of likely N-dealkylation sites (tertiary alicyclic amines) is 1. The van der Waals surface area contributed by atoms with E-state index in [-0.39, 0.29) is 23.7 Å². The number of allylic oxidation sites excluding steroid dienone is 1. The third kappa shape index (κ3) is 4.51. The number of aromatic nitrogens is 2. The van der Waals surface area contributed by atoms with Crippen molar-refractivity contribution >= 4 is 17.0 Å². The lowest BCUT2D eigenvalue weighted by Gasteiger charge is -2.39. The first kappa shape index (κ1) is 23.1. The molecule has 1 aromatic heterocycles. The van der Waals surface area contributed by atoms with Gasteiger partial charge in [0.15, 0.2) is 0 Å². The average molecular weight is 464 g/mol. The molecule has 2 bridgehead atoms. The summed E-state index contributed by atoms with van der Waals surface area (Å²) < 4.78 is 6.95. The van der Waals surface area contributed by atoms with Gasteiger partial charge < -0.3 is 14.2 Å². The molecule has 3 fully saturated rings. The molecule has 182 valence electrons. The first-order valence-electron chi connectivity index (χ1n) is 13.2. The highest BCUT2D eigenvalue weighted by Gasteiger charge is 2.38. The fourth-order valence-corrected chi connectivity index (χ4v) is 6.43. The van der Waals surface area contributed by atoms with Crippen LogP contribution in [0.4, 0.5) is 0 Å². The van der Waals surface area contributed by atoms with E-state index in [9.17, 15) is 9.59 Å². The third-order valence-electron chi connectivity index (χ3n) is 8.14. The Morgan fingerprint density at radius 1 is 1.18 bits per heavy atom. The number of hydrogen-bond acceptors (Lipinski definition) is 5. The van der Waals surface area contributed by atoms with Gasteiger partial charge in [0.25, 0.3) is 5.56 Å². The van der Waals surface area contributed by atoms with Crippen molar-refractivity contribution in [3.05, 3.63) is 52.1 Å². The number of carbonyl (C=O) groups is 1. The van der Waals surface area contributed by atoms with Gasteiger partial charge in [-0.05, 0) is 88.1 Å². The Balaban J connectivity index is 1.40. The Morgan fingerprint density at radius 3 is 2.71 bits per heavy atom. The summed E-state index contributed by atoms with van der Waals surface area (Å²) in [6, 6.07) is 8.19. The summed E-state index contributed by atoms with van der Waals surface area (Å²) in [7, 11) is 0. The zero-order valence-electron chi connectivity index (χ0n) is 20.5. The van der Waals surface area contributed by atoms with Crippen molar-refractivity contribution in [3.63, 3.8) is 0 Å². The summed E-state index contributed by atoms with van der Waals surface area (Å²) in [5.74, 6) is 1.21. The minimum absolute atomic E-state index is 0.00835.